The number of carbonyl (C=O) groups is 5. The number of carbonyl (C=O) groups excluding carboxylic acids is 5. The van der Waals surface area contributed by atoms with E-state index in [1.54, 1.807) is 26.8 Å². The molecule has 0 aromatic heterocycles. The molecule has 0 saturated carbocycles. The van der Waals surface area contributed by atoms with Crippen LogP contribution in [0.4, 0.5) is 18.0 Å². The summed E-state index contributed by atoms with van der Waals surface area (Å²) < 4.78 is 50.3. The molecule has 2 aromatic rings. The van der Waals surface area contributed by atoms with Crippen LogP contribution < -0.4 is 26.0 Å². The summed E-state index contributed by atoms with van der Waals surface area (Å²) in [5.74, 6) is -5.32. The van der Waals surface area contributed by atoms with Crippen molar-refractivity contribution in [1.82, 2.24) is 21.3 Å². The molecule has 0 heterocycles. The van der Waals surface area contributed by atoms with Gasteiger partial charge in [0.15, 0.2) is 0 Å². The number of benzene rings is 2. The number of nitrogens with one attached hydrogen (secondary N) is 4. The minimum Gasteiger partial charge on any atom is -0.497 e. The molecule has 0 saturated heterocycles. The van der Waals surface area contributed by atoms with Gasteiger partial charge < -0.3 is 30.7 Å². The number of alkyl carbamates (subject to hydrolysis) is 1. The number of methoxy groups -OCH3 is 1. The number of ketones is 1. The molecular weight excluding hydrogens is 645 g/mol. The molecule has 0 fully saturated rings. The lowest BCUT2D eigenvalue weighted by molar-refractivity contribution is -0.175. The lowest BCUT2D eigenvalue weighted by Gasteiger charge is -2.27. The summed E-state index contributed by atoms with van der Waals surface area (Å²) in [4.78, 5) is 64.5. The summed E-state index contributed by atoms with van der Waals surface area (Å²) in [7, 11) is 1.40. The van der Waals surface area contributed by atoms with Gasteiger partial charge in [-0.05, 0) is 75.4 Å². The van der Waals surface area contributed by atoms with Gasteiger partial charge in [-0.2, -0.15) is 13.2 Å². The van der Waals surface area contributed by atoms with Crippen molar-refractivity contribution in [1.29, 1.82) is 0 Å². The van der Waals surface area contributed by atoms with Crippen molar-refractivity contribution >= 4 is 41.2 Å². The molecule has 0 aliphatic carbocycles. The number of amides is 4. The lowest BCUT2D eigenvalue weighted by atomic mass is 9.97. The van der Waals surface area contributed by atoms with Crippen LogP contribution in [0.3, 0.4) is 0 Å². The van der Waals surface area contributed by atoms with Crippen molar-refractivity contribution in [2.45, 2.75) is 77.4 Å². The Morgan fingerprint density at radius 2 is 1.53 bits per heavy atom. The van der Waals surface area contributed by atoms with E-state index < -0.39 is 65.4 Å². The molecule has 0 radical (unpaired) electrons. The molecule has 4 N–H and O–H groups in total. The first-order valence-electron chi connectivity index (χ1n) is 14.7. The third-order valence-corrected chi connectivity index (χ3v) is 6.81. The maximum atomic E-state index is 13.7. The quantitative estimate of drug-likeness (QED) is 0.207. The molecule has 4 amide bonds. The maximum Gasteiger partial charge on any atom is 0.452 e. The van der Waals surface area contributed by atoms with Gasteiger partial charge in [0.2, 0.25) is 11.8 Å². The molecular formula is C32H40ClF3N4O7. The molecule has 0 unspecified atom stereocenters. The average Bonchev–Trinajstić information content (AvgIpc) is 2.98. The van der Waals surface area contributed by atoms with Crippen molar-refractivity contribution in [3.63, 3.8) is 0 Å². The average molecular weight is 685 g/mol. The second kappa shape index (κ2) is 17.0. The van der Waals surface area contributed by atoms with Gasteiger partial charge in [0.1, 0.15) is 23.4 Å². The van der Waals surface area contributed by atoms with Crippen LogP contribution in [0.1, 0.15) is 69.4 Å². The fourth-order valence-corrected chi connectivity index (χ4v) is 4.43. The van der Waals surface area contributed by atoms with Gasteiger partial charge >= 0.3 is 12.3 Å². The van der Waals surface area contributed by atoms with E-state index in [9.17, 15) is 37.1 Å². The van der Waals surface area contributed by atoms with Crippen LogP contribution in [0.25, 0.3) is 0 Å². The maximum absolute atomic E-state index is 13.7. The van der Waals surface area contributed by atoms with Crippen LogP contribution >= 0.6 is 11.6 Å². The molecule has 0 aliphatic rings. The van der Waals surface area contributed by atoms with Crippen LogP contribution in [0.5, 0.6) is 5.75 Å². The highest BCUT2D eigenvalue weighted by molar-refractivity contribution is 6.31. The number of rotatable bonds is 14. The molecule has 0 bridgehead atoms. The second-order valence-corrected chi connectivity index (χ2v) is 12.4. The van der Waals surface area contributed by atoms with Crippen molar-refractivity contribution in [2.75, 3.05) is 13.7 Å². The summed E-state index contributed by atoms with van der Waals surface area (Å²) in [5, 5.41) is 10.0. The molecule has 2 rings (SSSR count). The van der Waals surface area contributed by atoms with Crippen molar-refractivity contribution in [3.05, 3.63) is 64.7 Å². The first-order valence-corrected chi connectivity index (χ1v) is 15.1. The van der Waals surface area contributed by atoms with Crippen LogP contribution in [0, 0.1) is 5.92 Å². The number of halogens is 4. The monoisotopic (exact) mass is 684 g/mol. The smallest absolute Gasteiger partial charge is 0.452 e. The lowest BCUT2D eigenvalue weighted by Crippen LogP contribution is -2.54. The van der Waals surface area contributed by atoms with Crippen molar-refractivity contribution in [2.24, 2.45) is 5.92 Å². The van der Waals surface area contributed by atoms with Gasteiger partial charge in [0.25, 0.3) is 11.7 Å². The van der Waals surface area contributed by atoms with E-state index in [0.29, 0.717) is 5.75 Å². The molecule has 0 aliphatic heterocycles. The Morgan fingerprint density at radius 1 is 0.894 bits per heavy atom. The third kappa shape index (κ3) is 12.8. The molecule has 258 valence electrons. The normalized spacial score (nSPS) is 13.5. The number of ether oxygens (including phenoxy) is 2. The first-order chi connectivity index (χ1) is 21.8. The molecule has 0 spiro atoms. The molecule has 3 atom stereocenters. The fourth-order valence-electron chi connectivity index (χ4n) is 4.24. The highest BCUT2D eigenvalue weighted by Crippen LogP contribution is 2.23. The Balaban J connectivity index is 2.37. The van der Waals surface area contributed by atoms with E-state index in [1.165, 1.54) is 63.4 Å². The Hall–Kier alpha value is -4.33. The van der Waals surface area contributed by atoms with Crippen molar-refractivity contribution < 1.29 is 46.6 Å². The van der Waals surface area contributed by atoms with Crippen LogP contribution in [0.2, 0.25) is 5.02 Å². The zero-order valence-corrected chi connectivity index (χ0v) is 27.7. The van der Waals surface area contributed by atoms with Crippen molar-refractivity contribution in [3.8, 4) is 5.75 Å². The summed E-state index contributed by atoms with van der Waals surface area (Å²) in [6.45, 7) is 7.80. The first kappa shape index (κ1) is 38.9. The third-order valence-electron chi connectivity index (χ3n) is 6.57. The SMILES string of the molecule is COc1ccc([C@H](NC(=O)[C@H](CCCNC(=O)OC(C)(C)C)NC(=O)c2cccc(Cl)c2)C(=O)N[C@H](C(=O)C(F)(F)F)C(C)C)cc1. The standard InChI is InChI=1S/C32H40ClF3N4O7/c1-18(2)24(26(41)32(34,35)36)39-29(44)25(19-12-14-22(46-6)15-13-19)40-28(43)23(11-8-16-37-30(45)47-31(3,4)5)38-27(42)20-9-7-10-21(33)17-20/h7,9-10,12-15,17-18,23-25H,8,11,16H2,1-6H3,(H,37,45)(H,38,42)(H,39,44)(H,40,43)/t23-,24-,25-/m0/s1. The van der Waals surface area contributed by atoms with Gasteiger partial charge in [-0.25, -0.2) is 4.79 Å². The van der Waals surface area contributed by atoms with E-state index in [2.05, 4.69) is 21.3 Å². The van der Waals surface area contributed by atoms with Gasteiger partial charge in [-0.1, -0.05) is 43.6 Å². The Labute approximate surface area is 276 Å². The second-order valence-electron chi connectivity index (χ2n) is 11.9. The van der Waals surface area contributed by atoms with Crippen LogP contribution in [-0.2, 0) is 19.1 Å². The molecule has 11 nitrogen and oxygen atoms in total. The zero-order chi connectivity index (χ0) is 35.5. The summed E-state index contributed by atoms with van der Waals surface area (Å²) in [6.07, 6.45) is -5.77. The highest BCUT2D eigenvalue weighted by atomic mass is 35.5. The predicted molar refractivity (Wildman–Crippen MR) is 168 cm³/mol. The largest absolute Gasteiger partial charge is 0.497 e. The minimum absolute atomic E-state index is 0.0356. The summed E-state index contributed by atoms with van der Waals surface area (Å²) >= 11 is 6.01. The van der Waals surface area contributed by atoms with Crippen LogP contribution in [-0.4, -0.2) is 67.1 Å². The van der Waals surface area contributed by atoms with Gasteiger partial charge in [-0.15, -0.1) is 0 Å². The molecule has 47 heavy (non-hydrogen) atoms. The minimum atomic E-state index is -5.22. The molecule has 2 aromatic carbocycles. The number of hydrogen-bond acceptors (Lipinski definition) is 7. The predicted octanol–water partition coefficient (Wildman–Crippen LogP) is 4.88. The number of hydrogen-bond donors (Lipinski definition) is 4. The van der Waals surface area contributed by atoms with E-state index in [0.717, 1.165) is 0 Å². The summed E-state index contributed by atoms with van der Waals surface area (Å²) in [6, 6.07) is 6.93. The van der Waals surface area contributed by atoms with E-state index in [-0.39, 0.29) is 35.5 Å². The number of Topliss-reactive ketones (excluding diaryl/α,β-unsaturated/α-hetero) is 1. The van der Waals surface area contributed by atoms with Gasteiger partial charge in [0, 0.05) is 17.1 Å². The van der Waals surface area contributed by atoms with Crippen LogP contribution in [0.15, 0.2) is 48.5 Å². The van der Waals surface area contributed by atoms with Gasteiger partial charge in [0.05, 0.1) is 13.2 Å². The topological polar surface area (TPSA) is 152 Å². The Kier molecular flexibility index (Phi) is 14.1. The zero-order valence-electron chi connectivity index (χ0n) is 26.9. The van der Waals surface area contributed by atoms with E-state index in [1.807, 2.05) is 0 Å². The van der Waals surface area contributed by atoms with E-state index in [4.69, 9.17) is 21.1 Å². The fraction of sp³-hybridized carbons (Fsp3) is 0.469. The highest BCUT2D eigenvalue weighted by Gasteiger charge is 2.45. The molecule has 15 heteroatoms. The summed E-state index contributed by atoms with van der Waals surface area (Å²) in [5.41, 5.74) is -0.449. The van der Waals surface area contributed by atoms with Gasteiger partial charge in [-0.3, -0.25) is 19.2 Å². The Bertz CT molecular complexity index is 1410. The van der Waals surface area contributed by atoms with E-state index >= 15 is 0 Å². The Morgan fingerprint density at radius 3 is 2.06 bits per heavy atom. The number of alkyl halides is 3.